The standard InChI is InChI=1S/C27H28N4O4S/c1-30(2)26-29-23(24(36-26)16-7-4-3-5-8-16)25(32)31-15-17-13-19(17)20(31)14-28-27(33)35-22-10-6-9-21-18(22)11-12-34-21/h3-10,17,19-20H,11-15H2,1-2H3,(H,28,33)/t17-,19-,20+/m0/s1. The van der Waals surface area contributed by atoms with E-state index in [0.717, 1.165) is 39.7 Å². The molecule has 1 saturated carbocycles. The van der Waals surface area contributed by atoms with Crippen LogP contribution >= 0.6 is 11.3 Å². The van der Waals surface area contributed by atoms with Crippen LogP contribution in [0.2, 0.25) is 0 Å². The quantitative estimate of drug-likeness (QED) is 0.545. The van der Waals surface area contributed by atoms with E-state index in [2.05, 4.69) is 5.32 Å². The molecule has 0 spiro atoms. The van der Waals surface area contributed by atoms with Crippen LogP contribution in [0.15, 0.2) is 48.5 Å². The zero-order chi connectivity index (χ0) is 24.8. The molecule has 2 aromatic carbocycles. The van der Waals surface area contributed by atoms with Gasteiger partial charge in [-0.1, -0.05) is 47.7 Å². The van der Waals surface area contributed by atoms with Gasteiger partial charge in [-0.05, 0) is 36.0 Å². The van der Waals surface area contributed by atoms with Crippen molar-refractivity contribution in [3.63, 3.8) is 0 Å². The minimum Gasteiger partial charge on any atom is -0.493 e. The molecule has 3 aliphatic rings. The summed E-state index contributed by atoms with van der Waals surface area (Å²) in [5, 5.41) is 3.70. The third kappa shape index (κ3) is 4.17. The number of hydrogen-bond acceptors (Lipinski definition) is 7. The third-order valence-corrected chi connectivity index (χ3v) is 8.43. The fourth-order valence-corrected chi connectivity index (χ4v) is 6.23. The van der Waals surface area contributed by atoms with Gasteiger partial charge in [0.25, 0.3) is 5.91 Å². The van der Waals surface area contributed by atoms with Crippen molar-refractivity contribution in [2.75, 3.05) is 38.7 Å². The summed E-state index contributed by atoms with van der Waals surface area (Å²) in [5.74, 6) is 2.10. The first-order valence-corrected chi connectivity index (χ1v) is 13.1. The zero-order valence-electron chi connectivity index (χ0n) is 20.3. The van der Waals surface area contributed by atoms with Crippen LogP contribution in [0.1, 0.15) is 22.5 Å². The minimum atomic E-state index is -0.514. The largest absolute Gasteiger partial charge is 0.493 e. The number of likely N-dealkylation sites (tertiary alicyclic amines) is 1. The van der Waals surface area contributed by atoms with Crippen molar-refractivity contribution in [3.8, 4) is 21.9 Å². The number of carbonyl (C=O) groups is 2. The number of nitrogens with one attached hydrogen (secondary N) is 1. The molecule has 3 aromatic rings. The number of nitrogens with zero attached hydrogens (tertiary/aromatic N) is 3. The topological polar surface area (TPSA) is 84.0 Å². The lowest BCUT2D eigenvalue weighted by Crippen LogP contribution is -2.46. The molecule has 36 heavy (non-hydrogen) atoms. The summed E-state index contributed by atoms with van der Waals surface area (Å²) < 4.78 is 11.2. The summed E-state index contributed by atoms with van der Waals surface area (Å²) in [6.07, 6.45) is 1.29. The van der Waals surface area contributed by atoms with E-state index in [-0.39, 0.29) is 11.9 Å². The highest BCUT2D eigenvalue weighted by molar-refractivity contribution is 7.19. The minimum absolute atomic E-state index is 0.0759. The summed E-state index contributed by atoms with van der Waals surface area (Å²) >= 11 is 1.52. The van der Waals surface area contributed by atoms with Gasteiger partial charge >= 0.3 is 6.09 Å². The third-order valence-electron chi connectivity index (χ3n) is 7.16. The number of amides is 2. The molecule has 186 valence electrons. The second-order valence-electron chi connectivity index (χ2n) is 9.72. The van der Waals surface area contributed by atoms with Crippen molar-refractivity contribution in [3.05, 3.63) is 59.8 Å². The van der Waals surface area contributed by atoms with E-state index < -0.39 is 6.09 Å². The number of fused-ring (bicyclic) bond motifs is 2. The van der Waals surface area contributed by atoms with E-state index in [9.17, 15) is 9.59 Å². The SMILES string of the molecule is CN(C)c1nc(C(=O)N2C[C@@H]3C[C@@H]3[C@H]2CNC(=O)Oc2cccc3c2CCO3)c(-c2ccccc2)s1. The molecule has 8 nitrogen and oxygen atoms in total. The van der Waals surface area contributed by atoms with Crippen molar-refractivity contribution in [1.29, 1.82) is 0 Å². The number of benzene rings is 2. The number of carbonyl (C=O) groups excluding carboxylic acids is 2. The molecule has 2 aliphatic heterocycles. The van der Waals surface area contributed by atoms with Gasteiger partial charge in [-0.25, -0.2) is 9.78 Å². The van der Waals surface area contributed by atoms with Crippen LogP contribution in [0.25, 0.3) is 10.4 Å². The molecule has 9 heteroatoms. The van der Waals surface area contributed by atoms with Crippen molar-refractivity contribution in [1.82, 2.24) is 15.2 Å². The Morgan fingerprint density at radius 3 is 2.83 bits per heavy atom. The lowest BCUT2D eigenvalue weighted by atomic mass is 10.1. The van der Waals surface area contributed by atoms with Crippen LogP contribution in [0.4, 0.5) is 9.93 Å². The summed E-state index contributed by atoms with van der Waals surface area (Å²) in [5.41, 5.74) is 2.37. The number of ether oxygens (including phenoxy) is 2. The maximum absolute atomic E-state index is 13.8. The molecule has 1 N–H and O–H groups in total. The van der Waals surface area contributed by atoms with Crippen LogP contribution < -0.4 is 19.7 Å². The maximum atomic E-state index is 13.8. The highest BCUT2D eigenvalue weighted by Crippen LogP contribution is 2.50. The van der Waals surface area contributed by atoms with Gasteiger partial charge in [-0.2, -0.15) is 0 Å². The van der Waals surface area contributed by atoms with E-state index in [1.807, 2.05) is 66.4 Å². The lowest BCUT2D eigenvalue weighted by Gasteiger charge is -2.27. The Kier molecular flexibility index (Phi) is 5.79. The van der Waals surface area contributed by atoms with E-state index in [1.54, 1.807) is 6.07 Å². The molecule has 6 rings (SSSR count). The second kappa shape index (κ2) is 9.13. The van der Waals surface area contributed by atoms with Crippen LogP contribution in [-0.4, -0.2) is 61.7 Å². The Balaban J connectivity index is 1.18. The first kappa shape index (κ1) is 22.8. The highest BCUT2D eigenvalue weighted by Gasteiger charge is 2.54. The lowest BCUT2D eigenvalue weighted by molar-refractivity contribution is 0.0700. The molecule has 0 bridgehead atoms. The molecular weight excluding hydrogens is 476 g/mol. The highest BCUT2D eigenvalue weighted by atomic mass is 32.1. The molecule has 0 radical (unpaired) electrons. The van der Waals surface area contributed by atoms with E-state index in [0.29, 0.717) is 43.0 Å². The van der Waals surface area contributed by atoms with E-state index in [4.69, 9.17) is 14.5 Å². The fraction of sp³-hybridized carbons (Fsp3) is 0.370. The van der Waals surface area contributed by atoms with Gasteiger partial charge in [0, 0.05) is 39.2 Å². The molecule has 3 heterocycles. The number of anilines is 1. The van der Waals surface area contributed by atoms with Gasteiger partial charge in [-0.15, -0.1) is 0 Å². The Labute approximate surface area is 213 Å². The summed E-state index contributed by atoms with van der Waals surface area (Å²) in [6, 6.07) is 15.3. The average molecular weight is 505 g/mol. The smallest absolute Gasteiger partial charge is 0.412 e. The normalized spacial score (nSPS) is 21.4. The Hall–Kier alpha value is -3.59. The van der Waals surface area contributed by atoms with Crippen molar-refractivity contribution < 1.29 is 19.1 Å². The summed E-state index contributed by atoms with van der Waals surface area (Å²) in [4.78, 5) is 35.9. The first-order valence-electron chi connectivity index (χ1n) is 12.2. The molecule has 3 atom stereocenters. The number of hydrogen-bond donors (Lipinski definition) is 1. The van der Waals surface area contributed by atoms with Gasteiger partial charge < -0.3 is 24.6 Å². The van der Waals surface area contributed by atoms with Crippen LogP contribution in [0.3, 0.4) is 0 Å². The van der Waals surface area contributed by atoms with Gasteiger partial charge in [-0.3, -0.25) is 4.79 Å². The second-order valence-corrected chi connectivity index (χ2v) is 10.7. The molecular formula is C27H28N4O4S. The first-order chi connectivity index (χ1) is 17.5. The van der Waals surface area contributed by atoms with E-state index in [1.165, 1.54) is 11.3 Å². The molecule has 1 saturated heterocycles. The predicted octanol–water partition coefficient (Wildman–Crippen LogP) is 4.06. The zero-order valence-corrected chi connectivity index (χ0v) is 21.1. The number of thiazole rings is 1. The van der Waals surface area contributed by atoms with Crippen molar-refractivity contribution in [2.45, 2.75) is 18.9 Å². The Morgan fingerprint density at radius 1 is 1.19 bits per heavy atom. The molecule has 2 amide bonds. The summed E-state index contributed by atoms with van der Waals surface area (Å²) in [7, 11) is 3.86. The number of rotatable bonds is 6. The fourth-order valence-electron chi connectivity index (χ4n) is 5.24. The van der Waals surface area contributed by atoms with Crippen molar-refractivity contribution >= 4 is 28.5 Å². The van der Waals surface area contributed by atoms with Gasteiger partial charge in [0.05, 0.1) is 17.5 Å². The van der Waals surface area contributed by atoms with Gasteiger partial charge in [0.15, 0.2) is 5.13 Å². The van der Waals surface area contributed by atoms with Crippen LogP contribution in [0.5, 0.6) is 11.5 Å². The molecule has 2 fully saturated rings. The van der Waals surface area contributed by atoms with Crippen molar-refractivity contribution in [2.24, 2.45) is 11.8 Å². The maximum Gasteiger partial charge on any atom is 0.412 e. The average Bonchev–Trinajstić information content (AvgIpc) is 3.24. The monoisotopic (exact) mass is 504 g/mol. The van der Waals surface area contributed by atoms with Crippen LogP contribution in [-0.2, 0) is 6.42 Å². The van der Waals surface area contributed by atoms with Gasteiger partial charge in [0.2, 0.25) is 0 Å². The van der Waals surface area contributed by atoms with Gasteiger partial charge in [0.1, 0.15) is 17.2 Å². The van der Waals surface area contributed by atoms with Crippen LogP contribution in [0, 0.1) is 11.8 Å². The number of piperidine rings is 1. The summed E-state index contributed by atoms with van der Waals surface area (Å²) in [6.45, 7) is 1.64. The molecule has 1 aliphatic carbocycles. The Morgan fingerprint density at radius 2 is 2.03 bits per heavy atom. The number of aromatic nitrogens is 1. The molecule has 1 aromatic heterocycles. The predicted molar refractivity (Wildman–Crippen MR) is 138 cm³/mol. The Bertz CT molecular complexity index is 1310. The van der Waals surface area contributed by atoms with E-state index >= 15 is 0 Å². The molecule has 0 unspecified atom stereocenters.